The minimum absolute atomic E-state index is 0.0805. The van der Waals surface area contributed by atoms with Crippen LogP contribution in [0.1, 0.15) is 27.9 Å². The van der Waals surface area contributed by atoms with Gasteiger partial charge >= 0.3 is 0 Å². The van der Waals surface area contributed by atoms with E-state index in [1.54, 1.807) is 6.08 Å². The van der Waals surface area contributed by atoms with Crippen molar-refractivity contribution < 1.29 is 9.18 Å². The summed E-state index contributed by atoms with van der Waals surface area (Å²) < 4.78 is 13.3. The first kappa shape index (κ1) is 8.17. The van der Waals surface area contributed by atoms with Gasteiger partial charge in [0.15, 0.2) is 5.78 Å². The summed E-state index contributed by atoms with van der Waals surface area (Å²) in [6, 6.07) is 3.19. The van der Waals surface area contributed by atoms with E-state index in [0.717, 1.165) is 11.1 Å². The number of carbonyl (C=O) groups excluding carboxylic acids is 1. The fourth-order valence-corrected chi connectivity index (χ4v) is 1.69. The number of hydrogen-bond donors (Lipinski definition) is 0. The molecule has 0 amide bonds. The molecule has 0 aliphatic heterocycles. The van der Waals surface area contributed by atoms with Crippen molar-refractivity contribution in [2.24, 2.45) is 0 Å². The standard InChI is InChI=1S/C11H9FO/c1-2-7-5-8-3-4-10(13)11(8)9(12)6-7/h2,5-6H,1,3-4H2. The molecule has 0 spiro atoms. The van der Waals surface area contributed by atoms with E-state index in [-0.39, 0.29) is 11.3 Å². The maximum atomic E-state index is 13.3. The first-order valence-electron chi connectivity index (χ1n) is 4.20. The molecule has 0 radical (unpaired) electrons. The summed E-state index contributed by atoms with van der Waals surface area (Å²) in [6.45, 7) is 3.56. The van der Waals surface area contributed by atoms with Gasteiger partial charge in [-0.2, -0.15) is 0 Å². The van der Waals surface area contributed by atoms with Crippen LogP contribution in [0.3, 0.4) is 0 Å². The Morgan fingerprint density at radius 3 is 2.85 bits per heavy atom. The molecule has 0 bridgehead atoms. The highest BCUT2D eigenvalue weighted by molar-refractivity contribution is 6.00. The third-order valence-electron chi connectivity index (χ3n) is 2.33. The van der Waals surface area contributed by atoms with Gasteiger partial charge in [0, 0.05) is 6.42 Å². The molecule has 1 aromatic carbocycles. The van der Waals surface area contributed by atoms with Gasteiger partial charge in [-0.15, -0.1) is 0 Å². The molecule has 1 aliphatic carbocycles. The van der Waals surface area contributed by atoms with Crippen LogP contribution in [0.25, 0.3) is 6.08 Å². The molecule has 0 saturated carbocycles. The molecule has 0 N–H and O–H groups in total. The lowest BCUT2D eigenvalue weighted by Crippen LogP contribution is -1.96. The van der Waals surface area contributed by atoms with Gasteiger partial charge in [-0.05, 0) is 23.6 Å². The summed E-state index contributed by atoms with van der Waals surface area (Å²) in [5.74, 6) is -0.488. The number of fused-ring (bicyclic) bond motifs is 1. The molecule has 2 heteroatoms. The van der Waals surface area contributed by atoms with Crippen LogP contribution in [0.15, 0.2) is 18.7 Å². The van der Waals surface area contributed by atoms with Crippen LogP contribution in [0.4, 0.5) is 4.39 Å². The quantitative estimate of drug-likeness (QED) is 0.642. The largest absolute Gasteiger partial charge is 0.294 e. The summed E-state index contributed by atoms with van der Waals surface area (Å²) in [7, 11) is 0. The average molecular weight is 176 g/mol. The zero-order valence-electron chi connectivity index (χ0n) is 7.14. The normalized spacial score (nSPS) is 14.4. The Bertz CT molecular complexity index is 393. The van der Waals surface area contributed by atoms with E-state index >= 15 is 0 Å². The van der Waals surface area contributed by atoms with Crippen LogP contribution in [-0.2, 0) is 6.42 Å². The van der Waals surface area contributed by atoms with E-state index in [2.05, 4.69) is 6.58 Å². The van der Waals surface area contributed by atoms with Gasteiger partial charge < -0.3 is 0 Å². The van der Waals surface area contributed by atoms with Gasteiger partial charge in [0.25, 0.3) is 0 Å². The predicted octanol–water partition coefficient (Wildman–Crippen LogP) is 2.60. The average Bonchev–Trinajstić information content (AvgIpc) is 2.48. The van der Waals surface area contributed by atoms with Crippen LogP contribution in [0.2, 0.25) is 0 Å². The first-order chi connectivity index (χ1) is 6.22. The Balaban J connectivity index is 2.65. The van der Waals surface area contributed by atoms with Crippen molar-refractivity contribution >= 4 is 11.9 Å². The minimum atomic E-state index is -0.407. The summed E-state index contributed by atoms with van der Waals surface area (Å²) >= 11 is 0. The monoisotopic (exact) mass is 176 g/mol. The van der Waals surface area contributed by atoms with Crippen LogP contribution in [-0.4, -0.2) is 5.78 Å². The van der Waals surface area contributed by atoms with Crippen LogP contribution in [0, 0.1) is 5.82 Å². The molecular weight excluding hydrogens is 167 g/mol. The molecule has 0 atom stereocenters. The molecule has 0 heterocycles. The highest BCUT2D eigenvalue weighted by Crippen LogP contribution is 2.26. The molecule has 1 aromatic rings. The van der Waals surface area contributed by atoms with E-state index in [0.29, 0.717) is 12.8 Å². The third kappa shape index (κ3) is 1.18. The summed E-state index contributed by atoms with van der Waals surface area (Å²) in [5, 5.41) is 0. The predicted molar refractivity (Wildman–Crippen MR) is 49.1 cm³/mol. The number of carbonyl (C=O) groups is 1. The van der Waals surface area contributed by atoms with E-state index in [4.69, 9.17) is 0 Å². The van der Waals surface area contributed by atoms with Gasteiger partial charge in [0.2, 0.25) is 0 Å². The molecule has 0 unspecified atom stereocenters. The topological polar surface area (TPSA) is 17.1 Å². The zero-order chi connectivity index (χ0) is 9.42. The Morgan fingerprint density at radius 1 is 1.38 bits per heavy atom. The number of rotatable bonds is 1. The Morgan fingerprint density at radius 2 is 2.15 bits per heavy atom. The second-order valence-electron chi connectivity index (χ2n) is 3.16. The van der Waals surface area contributed by atoms with Crippen molar-refractivity contribution in [1.29, 1.82) is 0 Å². The van der Waals surface area contributed by atoms with E-state index in [1.807, 2.05) is 6.07 Å². The molecule has 13 heavy (non-hydrogen) atoms. The SMILES string of the molecule is C=Cc1cc(F)c2c(c1)CCC2=O. The van der Waals surface area contributed by atoms with Gasteiger partial charge in [0.1, 0.15) is 5.82 Å². The van der Waals surface area contributed by atoms with E-state index in [9.17, 15) is 9.18 Å². The second kappa shape index (κ2) is 2.80. The maximum Gasteiger partial charge on any atom is 0.166 e. The van der Waals surface area contributed by atoms with E-state index in [1.165, 1.54) is 6.07 Å². The number of hydrogen-bond acceptors (Lipinski definition) is 1. The van der Waals surface area contributed by atoms with Crippen molar-refractivity contribution in [2.45, 2.75) is 12.8 Å². The molecular formula is C11H9FO. The van der Waals surface area contributed by atoms with Gasteiger partial charge in [-0.25, -0.2) is 4.39 Å². The highest BCUT2D eigenvalue weighted by atomic mass is 19.1. The number of benzene rings is 1. The highest BCUT2D eigenvalue weighted by Gasteiger charge is 2.23. The van der Waals surface area contributed by atoms with Crippen molar-refractivity contribution in [3.63, 3.8) is 0 Å². The Kier molecular flexibility index (Phi) is 1.76. The molecule has 0 saturated heterocycles. The lowest BCUT2D eigenvalue weighted by molar-refractivity contribution is 0.0991. The van der Waals surface area contributed by atoms with Crippen molar-refractivity contribution in [3.05, 3.63) is 41.2 Å². The van der Waals surface area contributed by atoms with Crippen LogP contribution in [0.5, 0.6) is 0 Å². The number of Topliss-reactive ketones (excluding diaryl/α,β-unsaturated/α-hetero) is 1. The lowest BCUT2D eigenvalue weighted by atomic mass is 10.1. The van der Waals surface area contributed by atoms with Crippen LogP contribution >= 0.6 is 0 Å². The fourth-order valence-electron chi connectivity index (χ4n) is 1.69. The molecule has 66 valence electrons. The smallest absolute Gasteiger partial charge is 0.166 e. The van der Waals surface area contributed by atoms with Gasteiger partial charge in [-0.3, -0.25) is 4.79 Å². The Labute approximate surface area is 75.9 Å². The first-order valence-corrected chi connectivity index (χ1v) is 4.20. The lowest BCUT2D eigenvalue weighted by Gasteiger charge is -2.01. The van der Waals surface area contributed by atoms with Crippen molar-refractivity contribution in [1.82, 2.24) is 0 Å². The minimum Gasteiger partial charge on any atom is -0.294 e. The molecule has 0 fully saturated rings. The summed E-state index contributed by atoms with van der Waals surface area (Å²) in [6.07, 6.45) is 2.69. The number of aryl methyl sites for hydroxylation is 1. The molecule has 2 rings (SSSR count). The maximum absolute atomic E-state index is 13.3. The molecule has 1 aliphatic rings. The fraction of sp³-hybridized carbons (Fsp3) is 0.182. The summed E-state index contributed by atoms with van der Waals surface area (Å²) in [4.78, 5) is 11.2. The zero-order valence-corrected chi connectivity index (χ0v) is 7.14. The van der Waals surface area contributed by atoms with Crippen molar-refractivity contribution in [3.8, 4) is 0 Å². The number of halogens is 1. The molecule has 1 nitrogen and oxygen atoms in total. The Hall–Kier alpha value is -1.44. The number of ketones is 1. The third-order valence-corrected chi connectivity index (χ3v) is 2.33. The van der Waals surface area contributed by atoms with Gasteiger partial charge in [-0.1, -0.05) is 18.7 Å². The summed E-state index contributed by atoms with van der Waals surface area (Å²) in [5.41, 5.74) is 1.84. The van der Waals surface area contributed by atoms with E-state index < -0.39 is 5.82 Å². The van der Waals surface area contributed by atoms with Gasteiger partial charge in [0.05, 0.1) is 5.56 Å². The van der Waals surface area contributed by atoms with Crippen LogP contribution < -0.4 is 0 Å². The second-order valence-corrected chi connectivity index (χ2v) is 3.16. The van der Waals surface area contributed by atoms with Crippen molar-refractivity contribution in [2.75, 3.05) is 0 Å². The molecule has 0 aromatic heterocycles.